The molecule has 1 aliphatic carbocycles. The van der Waals surface area contributed by atoms with Crippen molar-refractivity contribution in [3.05, 3.63) is 11.1 Å². The molecule has 1 aromatic heterocycles. The zero-order valence-electron chi connectivity index (χ0n) is 15.3. The first-order chi connectivity index (χ1) is 11.3. The van der Waals surface area contributed by atoms with Gasteiger partial charge >= 0.3 is 0 Å². The smallest absolute Gasteiger partial charge is 0.237 e. The van der Waals surface area contributed by atoms with Crippen molar-refractivity contribution in [2.75, 3.05) is 18.5 Å². The number of hydrogen-bond acceptors (Lipinski definition) is 5. The third-order valence-electron chi connectivity index (χ3n) is 4.72. The molecule has 2 fully saturated rings. The SMILES string of the molecule is CN(c1nc(CN2CCCC[C@H]2C(=O)NC(C)(C)C)cs1)C1CC1. The lowest BCUT2D eigenvalue weighted by molar-refractivity contribution is -0.129. The van der Waals surface area contributed by atoms with Crippen molar-refractivity contribution in [3.63, 3.8) is 0 Å². The largest absolute Gasteiger partial charge is 0.350 e. The van der Waals surface area contributed by atoms with E-state index in [4.69, 9.17) is 4.98 Å². The van der Waals surface area contributed by atoms with Crippen LogP contribution in [-0.4, -0.2) is 47.0 Å². The molecule has 1 aliphatic heterocycles. The van der Waals surface area contributed by atoms with Gasteiger partial charge < -0.3 is 10.2 Å². The minimum absolute atomic E-state index is 0.0238. The molecule has 0 aromatic carbocycles. The third kappa shape index (κ3) is 4.48. The van der Waals surface area contributed by atoms with Gasteiger partial charge in [-0.3, -0.25) is 9.69 Å². The molecule has 134 valence electrons. The summed E-state index contributed by atoms with van der Waals surface area (Å²) in [5, 5.41) is 6.41. The first-order valence-corrected chi connectivity index (χ1v) is 9.95. The highest BCUT2D eigenvalue weighted by molar-refractivity contribution is 7.13. The van der Waals surface area contributed by atoms with Gasteiger partial charge in [0.2, 0.25) is 5.91 Å². The van der Waals surface area contributed by atoms with Crippen molar-refractivity contribution < 1.29 is 4.79 Å². The van der Waals surface area contributed by atoms with Crippen molar-refractivity contribution in [3.8, 4) is 0 Å². The first kappa shape index (κ1) is 17.7. The van der Waals surface area contributed by atoms with E-state index in [1.54, 1.807) is 11.3 Å². The Hall–Kier alpha value is -1.14. The topological polar surface area (TPSA) is 48.5 Å². The molecule has 1 aromatic rings. The number of carbonyl (C=O) groups excluding carboxylic acids is 1. The van der Waals surface area contributed by atoms with E-state index in [0.29, 0.717) is 6.04 Å². The van der Waals surface area contributed by atoms with Crippen molar-refractivity contribution in [2.45, 2.75) is 77.0 Å². The number of nitrogens with one attached hydrogen (secondary N) is 1. The van der Waals surface area contributed by atoms with Gasteiger partial charge in [-0.2, -0.15) is 0 Å². The lowest BCUT2D eigenvalue weighted by atomic mass is 9.99. The summed E-state index contributed by atoms with van der Waals surface area (Å²) in [7, 11) is 2.14. The number of piperidine rings is 1. The van der Waals surface area contributed by atoms with Crippen LogP contribution in [0.25, 0.3) is 0 Å². The van der Waals surface area contributed by atoms with E-state index in [0.717, 1.165) is 43.2 Å². The first-order valence-electron chi connectivity index (χ1n) is 9.07. The van der Waals surface area contributed by atoms with Gasteiger partial charge in [-0.25, -0.2) is 4.98 Å². The van der Waals surface area contributed by atoms with Crippen LogP contribution in [0, 0.1) is 0 Å². The lowest BCUT2D eigenvalue weighted by Crippen LogP contribution is -2.53. The second-order valence-electron chi connectivity index (χ2n) is 8.18. The molecule has 2 aliphatic rings. The summed E-state index contributed by atoms with van der Waals surface area (Å²) in [6, 6.07) is 0.661. The van der Waals surface area contributed by atoms with Gasteiger partial charge in [-0.05, 0) is 53.0 Å². The van der Waals surface area contributed by atoms with Gasteiger partial charge in [0.25, 0.3) is 0 Å². The molecule has 1 N–H and O–H groups in total. The molecule has 5 nitrogen and oxygen atoms in total. The summed E-state index contributed by atoms with van der Waals surface area (Å²) in [6.07, 6.45) is 5.81. The Bertz CT molecular complexity index is 576. The maximum atomic E-state index is 12.6. The number of hydrogen-bond donors (Lipinski definition) is 1. The van der Waals surface area contributed by atoms with Crippen LogP contribution in [-0.2, 0) is 11.3 Å². The minimum Gasteiger partial charge on any atom is -0.350 e. The molecule has 0 unspecified atom stereocenters. The van der Waals surface area contributed by atoms with Gasteiger partial charge in [0, 0.05) is 30.6 Å². The number of nitrogens with zero attached hydrogens (tertiary/aromatic N) is 3. The predicted octanol–water partition coefficient (Wildman–Crippen LogP) is 3.01. The van der Waals surface area contributed by atoms with E-state index < -0.39 is 0 Å². The quantitative estimate of drug-likeness (QED) is 0.887. The van der Waals surface area contributed by atoms with Crippen molar-refractivity contribution in [2.24, 2.45) is 0 Å². The highest BCUT2D eigenvalue weighted by Crippen LogP contribution is 2.32. The molecule has 6 heteroatoms. The van der Waals surface area contributed by atoms with Crippen LogP contribution in [0.4, 0.5) is 5.13 Å². The normalized spacial score (nSPS) is 22.4. The number of anilines is 1. The van der Waals surface area contributed by atoms with E-state index in [-0.39, 0.29) is 17.5 Å². The van der Waals surface area contributed by atoms with Crippen LogP contribution in [0.3, 0.4) is 0 Å². The summed E-state index contributed by atoms with van der Waals surface area (Å²) < 4.78 is 0. The third-order valence-corrected chi connectivity index (χ3v) is 5.70. The van der Waals surface area contributed by atoms with E-state index in [9.17, 15) is 4.79 Å². The number of carbonyl (C=O) groups is 1. The second-order valence-corrected chi connectivity index (χ2v) is 9.02. The van der Waals surface area contributed by atoms with Gasteiger partial charge in [-0.15, -0.1) is 11.3 Å². The number of amides is 1. The number of rotatable bonds is 5. The fourth-order valence-electron chi connectivity index (χ4n) is 3.29. The molecular weight excluding hydrogens is 320 g/mol. The van der Waals surface area contributed by atoms with Crippen LogP contribution < -0.4 is 10.2 Å². The summed E-state index contributed by atoms with van der Waals surface area (Å²) in [5.74, 6) is 0.160. The summed E-state index contributed by atoms with van der Waals surface area (Å²) >= 11 is 1.72. The molecule has 2 heterocycles. The molecule has 1 saturated carbocycles. The average Bonchev–Trinajstić information content (AvgIpc) is 3.25. The Balaban J connectivity index is 1.64. The predicted molar refractivity (Wildman–Crippen MR) is 99.5 cm³/mol. The zero-order chi connectivity index (χ0) is 17.3. The molecule has 24 heavy (non-hydrogen) atoms. The Morgan fingerprint density at radius 1 is 1.38 bits per heavy atom. The number of aromatic nitrogens is 1. The maximum absolute atomic E-state index is 12.6. The highest BCUT2D eigenvalue weighted by Gasteiger charge is 2.32. The highest BCUT2D eigenvalue weighted by atomic mass is 32.1. The Kier molecular flexibility index (Phi) is 5.16. The van der Waals surface area contributed by atoms with Crippen molar-refractivity contribution in [1.82, 2.24) is 15.2 Å². The molecule has 3 rings (SSSR count). The molecule has 1 amide bonds. The van der Waals surface area contributed by atoms with E-state index in [1.165, 1.54) is 12.8 Å². The van der Waals surface area contributed by atoms with Gasteiger partial charge in [0.05, 0.1) is 11.7 Å². The lowest BCUT2D eigenvalue weighted by Gasteiger charge is -2.36. The molecule has 1 atom stereocenters. The van der Waals surface area contributed by atoms with E-state index in [1.807, 2.05) is 20.8 Å². The molecule has 0 spiro atoms. The Morgan fingerprint density at radius 3 is 2.79 bits per heavy atom. The number of likely N-dealkylation sites (tertiary alicyclic amines) is 1. The Labute approximate surface area is 149 Å². The molecule has 0 bridgehead atoms. The average molecular weight is 351 g/mol. The van der Waals surface area contributed by atoms with E-state index >= 15 is 0 Å². The summed E-state index contributed by atoms with van der Waals surface area (Å²) in [6.45, 7) is 7.88. The monoisotopic (exact) mass is 350 g/mol. The fourth-order valence-corrected chi connectivity index (χ4v) is 4.14. The fraction of sp³-hybridized carbons (Fsp3) is 0.778. The molecule has 1 saturated heterocycles. The van der Waals surface area contributed by atoms with Crippen molar-refractivity contribution in [1.29, 1.82) is 0 Å². The zero-order valence-corrected chi connectivity index (χ0v) is 16.2. The molecular formula is C18H30N4OS. The standard InChI is InChI=1S/C18H30N4OS/c1-18(2,3)20-16(23)15-7-5-6-10-22(15)11-13-12-24-17(19-13)21(4)14-8-9-14/h12,14-15H,5-11H2,1-4H3,(H,20,23)/t15-/m0/s1. The molecule has 0 radical (unpaired) electrons. The van der Waals surface area contributed by atoms with Crippen LogP contribution in [0.1, 0.15) is 58.6 Å². The van der Waals surface area contributed by atoms with Crippen LogP contribution in [0.5, 0.6) is 0 Å². The maximum Gasteiger partial charge on any atom is 0.237 e. The summed E-state index contributed by atoms with van der Waals surface area (Å²) in [5.41, 5.74) is 0.916. The van der Waals surface area contributed by atoms with Crippen LogP contribution in [0.2, 0.25) is 0 Å². The van der Waals surface area contributed by atoms with E-state index in [2.05, 4.69) is 27.5 Å². The summed E-state index contributed by atoms with van der Waals surface area (Å²) in [4.78, 5) is 22.1. The van der Waals surface area contributed by atoms with Gasteiger partial charge in [0.1, 0.15) is 0 Å². The second kappa shape index (κ2) is 7.00. The van der Waals surface area contributed by atoms with Gasteiger partial charge in [-0.1, -0.05) is 6.42 Å². The minimum atomic E-state index is -0.180. The Morgan fingerprint density at radius 2 is 2.12 bits per heavy atom. The van der Waals surface area contributed by atoms with Crippen molar-refractivity contribution >= 4 is 22.4 Å². The van der Waals surface area contributed by atoms with Crippen LogP contribution >= 0.6 is 11.3 Å². The number of thiazole rings is 1. The van der Waals surface area contributed by atoms with Gasteiger partial charge in [0.15, 0.2) is 5.13 Å². The van der Waals surface area contributed by atoms with Crippen LogP contribution in [0.15, 0.2) is 5.38 Å².